The van der Waals surface area contributed by atoms with E-state index in [1.807, 2.05) is 0 Å². The number of aromatic nitrogens is 2. The molecule has 0 aliphatic carbocycles. The molecule has 0 amide bonds. The maximum Gasteiger partial charge on any atom is 0.313 e. The number of halogens is 2. The number of fused-ring (bicyclic) bond motifs is 1. The molecule has 1 aromatic heterocycles. The maximum atomic E-state index is 12.7. The van der Waals surface area contributed by atoms with Crippen LogP contribution < -0.4 is 10.3 Å². The second-order valence-electron chi connectivity index (χ2n) is 5.49. The number of hydrogen-bond donors (Lipinski definition) is 0. The molecule has 0 N–H and O–H groups in total. The van der Waals surface area contributed by atoms with Crippen molar-refractivity contribution in [3.05, 3.63) is 71.7 Å². The molecule has 0 saturated carbocycles. The Bertz CT molecular complexity index is 1160. The molecular weight excluding hydrogens is 440 g/mol. The Balaban J connectivity index is 2.12. The van der Waals surface area contributed by atoms with Crippen molar-refractivity contribution in [2.75, 3.05) is 7.11 Å². The Morgan fingerprint density at radius 1 is 1.37 bits per heavy atom. The Labute approximate surface area is 166 Å². The largest absolute Gasteiger partial charge is 0.489 e. The van der Waals surface area contributed by atoms with Crippen LogP contribution in [-0.2, 0) is 0 Å². The van der Waals surface area contributed by atoms with Crippen LogP contribution in [0.3, 0.4) is 0 Å². The predicted molar refractivity (Wildman–Crippen MR) is 106 cm³/mol. The van der Waals surface area contributed by atoms with Gasteiger partial charge < -0.3 is 4.74 Å². The molecule has 0 spiro atoms. The van der Waals surface area contributed by atoms with Crippen LogP contribution in [0.15, 0.2) is 44.7 Å². The van der Waals surface area contributed by atoms with E-state index in [1.165, 1.54) is 25.5 Å². The lowest BCUT2D eigenvalue weighted by molar-refractivity contribution is -0.385. The summed E-state index contributed by atoms with van der Waals surface area (Å²) in [7, 11) is 1.30. The van der Waals surface area contributed by atoms with E-state index in [4.69, 9.17) is 16.3 Å². The highest BCUT2D eigenvalue weighted by molar-refractivity contribution is 9.10. The van der Waals surface area contributed by atoms with Gasteiger partial charge in [0.15, 0.2) is 0 Å². The number of nitro groups is 1. The van der Waals surface area contributed by atoms with Gasteiger partial charge in [-0.1, -0.05) is 27.5 Å². The quantitative estimate of drug-likeness (QED) is 0.340. The van der Waals surface area contributed by atoms with E-state index >= 15 is 0 Å². The number of rotatable bonds is 4. The highest BCUT2D eigenvalue weighted by Gasteiger charge is 2.19. The fourth-order valence-corrected chi connectivity index (χ4v) is 3.19. The SMILES string of the molecule is COc1c(Cl)cc(C=Nn2c(C)nc3ccc(Br)cc3c2=O)cc1[N+](=O)[O-]. The third kappa shape index (κ3) is 3.69. The summed E-state index contributed by atoms with van der Waals surface area (Å²) >= 11 is 9.37. The molecule has 2 aromatic carbocycles. The lowest BCUT2D eigenvalue weighted by atomic mass is 10.2. The molecule has 0 bridgehead atoms. The molecule has 1 heterocycles. The molecule has 0 aliphatic rings. The lowest BCUT2D eigenvalue weighted by Gasteiger charge is -2.07. The molecule has 10 heteroatoms. The van der Waals surface area contributed by atoms with Gasteiger partial charge in [-0.05, 0) is 31.2 Å². The number of methoxy groups -OCH3 is 1. The van der Waals surface area contributed by atoms with Crippen molar-refractivity contribution in [3.63, 3.8) is 0 Å². The number of ether oxygens (including phenoxy) is 1. The molecule has 3 rings (SSSR count). The molecule has 0 saturated heterocycles. The zero-order chi connectivity index (χ0) is 19.7. The van der Waals surface area contributed by atoms with Gasteiger partial charge in [0.1, 0.15) is 5.82 Å². The zero-order valence-corrected chi connectivity index (χ0v) is 16.5. The minimum Gasteiger partial charge on any atom is -0.489 e. The van der Waals surface area contributed by atoms with Gasteiger partial charge in [0.25, 0.3) is 5.56 Å². The average Bonchev–Trinajstić information content (AvgIpc) is 2.61. The third-order valence-electron chi connectivity index (χ3n) is 3.74. The van der Waals surface area contributed by atoms with E-state index in [1.54, 1.807) is 25.1 Å². The first kappa shape index (κ1) is 19.0. The topological polar surface area (TPSA) is 99.6 Å². The maximum absolute atomic E-state index is 12.7. The first-order valence-corrected chi connectivity index (χ1v) is 8.74. The Kier molecular flexibility index (Phi) is 5.24. The van der Waals surface area contributed by atoms with Crippen molar-refractivity contribution in [3.8, 4) is 5.75 Å². The zero-order valence-electron chi connectivity index (χ0n) is 14.1. The van der Waals surface area contributed by atoms with E-state index in [0.717, 1.165) is 9.15 Å². The lowest BCUT2D eigenvalue weighted by Crippen LogP contribution is -2.20. The minimum atomic E-state index is -0.603. The average molecular weight is 452 g/mol. The molecule has 27 heavy (non-hydrogen) atoms. The van der Waals surface area contributed by atoms with Crippen molar-refractivity contribution < 1.29 is 9.66 Å². The van der Waals surface area contributed by atoms with E-state index in [-0.39, 0.29) is 22.0 Å². The molecule has 0 radical (unpaired) electrons. The molecule has 0 fully saturated rings. The van der Waals surface area contributed by atoms with Crippen molar-refractivity contribution in [2.45, 2.75) is 6.92 Å². The predicted octanol–water partition coefficient (Wildman–Crippen LogP) is 3.92. The summed E-state index contributed by atoms with van der Waals surface area (Å²) < 4.78 is 6.83. The first-order valence-electron chi connectivity index (χ1n) is 7.57. The van der Waals surface area contributed by atoms with Crippen molar-refractivity contribution >= 4 is 50.3 Å². The smallest absolute Gasteiger partial charge is 0.313 e. The number of aryl methyl sites for hydroxylation is 1. The van der Waals surface area contributed by atoms with E-state index in [2.05, 4.69) is 26.0 Å². The summed E-state index contributed by atoms with van der Waals surface area (Å²) in [5, 5.41) is 15.8. The van der Waals surface area contributed by atoms with Gasteiger partial charge in [-0.25, -0.2) is 4.98 Å². The number of nitro benzene ring substituents is 1. The first-order chi connectivity index (χ1) is 12.8. The van der Waals surface area contributed by atoms with Crippen LogP contribution in [0, 0.1) is 17.0 Å². The van der Waals surface area contributed by atoms with Gasteiger partial charge in [0.05, 0.1) is 34.2 Å². The van der Waals surface area contributed by atoms with Crippen molar-refractivity contribution in [2.24, 2.45) is 5.10 Å². The van der Waals surface area contributed by atoms with Crippen LogP contribution in [-0.4, -0.2) is 27.9 Å². The normalized spacial score (nSPS) is 11.3. The Hall–Kier alpha value is -2.78. The van der Waals surface area contributed by atoms with Gasteiger partial charge in [-0.2, -0.15) is 9.78 Å². The van der Waals surface area contributed by atoms with Crippen LogP contribution in [0.2, 0.25) is 5.02 Å². The molecule has 0 aliphatic heterocycles. The highest BCUT2D eigenvalue weighted by atomic mass is 79.9. The Morgan fingerprint density at radius 2 is 2.11 bits per heavy atom. The number of benzene rings is 2. The molecular formula is C17H12BrClN4O4. The van der Waals surface area contributed by atoms with Crippen LogP contribution in [0.5, 0.6) is 5.75 Å². The van der Waals surface area contributed by atoms with Gasteiger partial charge in [0, 0.05) is 16.1 Å². The summed E-state index contributed by atoms with van der Waals surface area (Å²) in [5.41, 5.74) is 0.240. The van der Waals surface area contributed by atoms with E-state index in [0.29, 0.717) is 22.3 Å². The number of nitrogens with zero attached hydrogens (tertiary/aromatic N) is 4. The van der Waals surface area contributed by atoms with Crippen LogP contribution in [0.25, 0.3) is 10.9 Å². The van der Waals surface area contributed by atoms with Gasteiger partial charge in [-0.3, -0.25) is 14.9 Å². The minimum absolute atomic E-state index is 0.0376. The molecule has 138 valence electrons. The second-order valence-corrected chi connectivity index (χ2v) is 6.82. The molecule has 0 atom stereocenters. The fourth-order valence-electron chi connectivity index (χ4n) is 2.53. The number of hydrogen-bond acceptors (Lipinski definition) is 6. The van der Waals surface area contributed by atoms with Crippen LogP contribution in [0.4, 0.5) is 5.69 Å². The summed E-state index contributed by atoms with van der Waals surface area (Å²) in [4.78, 5) is 27.7. The second kappa shape index (κ2) is 7.45. The van der Waals surface area contributed by atoms with Gasteiger partial charge >= 0.3 is 5.69 Å². The summed E-state index contributed by atoms with van der Waals surface area (Å²) in [6.07, 6.45) is 1.30. The molecule has 3 aromatic rings. The summed E-state index contributed by atoms with van der Waals surface area (Å²) in [5.74, 6) is 0.338. The Morgan fingerprint density at radius 3 is 2.78 bits per heavy atom. The van der Waals surface area contributed by atoms with Crippen molar-refractivity contribution in [1.82, 2.24) is 9.66 Å². The monoisotopic (exact) mass is 450 g/mol. The van der Waals surface area contributed by atoms with E-state index in [9.17, 15) is 14.9 Å². The van der Waals surface area contributed by atoms with Crippen molar-refractivity contribution in [1.29, 1.82) is 0 Å². The molecule has 0 unspecified atom stereocenters. The third-order valence-corrected chi connectivity index (χ3v) is 4.51. The summed E-state index contributed by atoms with van der Waals surface area (Å²) in [6.45, 7) is 1.64. The van der Waals surface area contributed by atoms with Crippen LogP contribution >= 0.6 is 27.5 Å². The molecule has 8 nitrogen and oxygen atoms in total. The summed E-state index contributed by atoms with van der Waals surface area (Å²) in [6, 6.07) is 7.90. The van der Waals surface area contributed by atoms with Gasteiger partial charge in [0.2, 0.25) is 5.75 Å². The standard InChI is InChI=1S/C17H12BrClN4O4/c1-9-21-14-4-3-11(18)7-12(14)17(24)22(9)20-8-10-5-13(19)16(27-2)15(6-10)23(25)26/h3-8H,1-2H3. The fraction of sp³-hybridized carbons (Fsp3) is 0.118. The van der Waals surface area contributed by atoms with Gasteiger partial charge in [-0.15, -0.1) is 0 Å². The van der Waals surface area contributed by atoms with Crippen LogP contribution in [0.1, 0.15) is 11.4 Å². The highest BCUT2D eigenvalue weighted by Crippen LogP contribution is 2.35. The van der Waals surface area contributed by atoms with E-state index < -0.39 is 4.92 Å².